The highest BCUT2D eigenvalue weighted by atomic mass is 15.2. The van der Waals surface area contributed by atoms with Crippen molar-refractivity contribution in [2.24, 2.45) is 0 Å². The molecule has 0 unspecified atom stereocenters. The van der Waals surface area contributed by atoms with Gasteiger partial charge in [-0.25, -0.2) is 4.52 Å². The first-order valence-electron chi connectivity index (χ1n) is 19.3. The molecule has 2 aromatic heterocycles. The van der Waals surface area contributed by atoms with Crippen LogP contribution in [0.25, 0.3) is 61.1 Å². The molecule has 0 radical (unpaired) electrons. The summed E-state index contributed by atoms with van der Waals surface area (Å²) >= 11 is 0. The van der Waals surface area contributed by atoms with E-state index in [1.165, 1.54) is 55.2 Å². The lowest BCUT2D eigenvalue weighted by Crippen LogP contribution is -2.16. The van der Waals surface area contributed by atoms with Crippen LogP contribution in [-0.4, -0.2) is 9.61 Å². The molecule has 0 spiro atoms. The van der Waals surface area contributed by atoms with Crippen LogP contribution >= 0.6 is 0 Å². The molecule has 7 aromatic carbocycles. The Morgan fingerprint density at radius 3 is 1.91 bits per heavy atom. The lowest BCUT2D eigenvalue weighted by Gasteiger charge is -2.28. The maximum absolute atomic E-state index is 5.46. The Morgan fingerprint density at radius 2 is 1.13 bits per heavy atom. The zero-order valence-electron chi connectivity index (χ0n) is 31.4. The number of hydrogen-bond acceptors (Lipinski definition) is 2. The van der Waals surface area contributed by atoms with Gasteiger partial charge in [0, 0.05) is 44.6 Å². The Labute approximate surface area is 322 Å². The summed E-state index contributed by atoms with van der Waals surface area (Å²) in [5, 5.41) is 7.90. The number of aryl methyl sites for hydroxylation is 1. The highest BCUT2D eigenvalue weighted by Gasteiger charge is 2.35. The molecule has 3 nitrogen and oxygen atoms in total. The third kappa shape index (κ3) is 5.38. The first-order valence-corrected chi connectivity index (χ1v) is 19.3. The molecule has 0 amide bonds. The van der Waals surface area contributed by atoms with Gasteiger partial charge in [-0.2, -0.15) is 5.10 Å². The second kappa shape index (κ2) is 13.0. The van der Waals surface area contributed by atoms with E-state index in [2.05, 4.69) is 212 Å². The van der Waals surface area contributed by atoms with E-state index in [1.54, 1.807) is 0 Å². The molecule has 264 valence electrons. The van der Waals surface area contributed by atoms with Gasteiger partial charge in [0.25, 0.3) is 0 Å². The maximum Gasteiger partial charge on any atom is 0.0966 e. The van der Waals surface area contributed by atoms with Crippen LogP contribution < -0.4 is 4.90 Å². The maximum atomic E-state index is 5.46. The second-order valence-corrected chi connectivity index (χ2v) is 15.1. The molecule has 0 N–H and O–H groups in total. The van der Waals surface area contributed by atoms with Crippen LogP contribution in [0.1, 0.15) is 37.5 Å². The smallest absolute Gasteiger partial charge is 0.0966 e. The molecule has 10 rings (SSSR count). The van der Waals surface area contributed by atoms with Crippen LogP contribution in [-0.2, 0) is 11.8 Å². The van der Waals surface area contributed by atoms with E-state index >= 15 is 0 Å². The molecule has 55 heavy (non-hydrogen) atoms. The lowest BCUT2D eigenvalue weighted by atomic mass is 9.82. The van der Waals surface area contributed by atoms with E-state index in [9.17, 15) is 0 Å². The summed E-state index contributed by atoms with van der Waals surface area (Å²) in [6, 6.07) is 66.0. The van der Waals surface area contributed by atoms with Crippen molar-refractivity contribution < 1.29 is 0 Å². The zero-order valence-corrected chi connectivity index (χ0v) is 31.4. The highest BCUT2D eigenvalue weighted by molar-refractivity contribution is 6.02. The second-order valence-electron chi connectivity index (χ2n) is 15.1. The van der Waals surface area contributed by atoms with E-state index in [-0.39, 0.29) is 5.41 Å². The molecule has 3 heteroatoms. The molecule has 1 aliphatic carbocycles. The van der Waals surface area contributed by atoms with Crippen molar-refractivity contribution in [2.75, 3.05) is 4.90 Å². The summed E-state index contributed by atoms with van der Waals surface area (Å²) in [6.07, 6.45) is 0.858. The average Bonchev–Trinajstić information content (AvgIpc) is 3.74. The molecular weight excluding hydrogens is 667 g/mol. The average molecular weight is 708 g/mol. The lowest BCUT2D eigenvalue weighted by molar-refractivity contribution is 0.660. The number of anilines is 3. The topological polar surface area (TPSA) is 20.5 Å². The van der Waals surface area contributed by atoms with Crippen molar-refractivity contribution in [3.8, 4) is 44.8 Å². The SMILES string of the molecule is CCc1c(-c2cccc(N(c3ccc(-c4ccccc4)cc3)c3ccc4c(c3)C(C)(C)c3ccccc3-4)c2)nn2c(-c3ccccc3)cc3ccccc3c12. The summed E-state index contributed by atoms with van der Waals surface area (Å²) in [7, 11) is 0. The molecule has 2 heterocycles. The molecule has 0 saturated carbocycles. The number of pyridine rings is 1. The van der Waals surface area contributed by atoms with Gasteiger partial charge in [-0.3, -0.25) is 0 Å². The Kier molecular flexibility index (Phi) is 7.78. The third-order valence-corrected chi connectivity index (χ3v) is 11.6. The fraction of sp³-hybridized carbons (Fsp3) is 0.0962. The van der Waals surface area contributed by atoms with Crippen molar-refractivity contribution in [1.82, 2.24) is 9.61 Å². The predicted molar refractivity (Wildman–Crippen MR) is 231 cm³/mol. The largest absolute Gasteiger partial charge is 0.310 e. The van der Waals surface area contributed by atoms with Crippen molar-refractivity contribution in [3.63, 3.8) is 0 Å². The van der Waals surface area contributed by atoms with Gasteiger partial charge in [0.15, 0.2) is 0 Å². The summed E-state index contributed by atoms with van der Waals surface area (Å²) in [5.74, 6) is 0. The summed E-state index contributed by atoms with van der Waals surface area (Å²) < 4.78 is 2.18. The number of fused-ring (bicyclic) bond motifs is 6. The van der Waals surface area contributed by atoms with Gasteiger partial charge in [-0.15, -0.1) is 0 Å². The highest BCUT2D eigenvalue weighted by Crippen LogP contribution is 2.51. The molecule has 0 saturated heterocycles. The fourth-order valence-electron chi connectivity index (χ4n) is 8.83. The number of aromatic nitrogens is 2. The van der Waals surface area contributed by atoms with Gasteiger partial charge in [0.1, 0.15) is 0 Å². The van der Waals surface area contributed by atoms with Crippen molar-refractivity contribution >= 4 is 33.4 Å². The quantitative estimate of drug-likeness (QED) is 0.164. The van der Waals surface area contributed by atoms with E-state index in [1.807, 2.05) is 0 Å². The Balaban J connectivity index is 1.16. The molecular formula is C52H41N3. The molecule has 0 fully saturated rings. The fourth-order valence-corrected chi connectivity index (χ4v) is 8.83. The van der Waals surface area contributed by atoms with Gasteiger partial charge in [-0.05, 0) is 87.7 Å². The number of benzene rings is 7. The van der Waals surface area contributed by atoms with E-state index in [0.717, 1.165) is 46.0 Å². The van der Waals surface area contributed by atoms with Crippen molar-refractivity contribution in [3.05, 3.63) is 199 Å². The van der Waals surface area contributed by atoms with Crippen LogP contribution in [0, 0.1) is 0 Å². The van der Waals surface area contributed by atoms with Gasteiger partial charge >= 0.3 is 0 Å². The van der Waals surface area contributed by atoms with Gasteiger partial charge in [0.05, 0.1) is 16.9 Å². The Morgan fingerprint density at radius 1 is 0.509 bits per heavy atom. The van der Waals surface area contributed by atoms with Crippen molar-refractivity contribution in [2.45, 2.75) is 32.6 Å². The number of nitrogens with zero attached hydrogens (tertiary/aromatic N) is 3. The first kappa shape index (κ1) is 32.9. The van der Waals surface area contributed by atoms with E-state index in [0.29, 0.717) is 0 Å². The van der Waals surface area contributed by atoms with Gasteiger partial charge < -0.3 is 4.90 Å². The molecule has 9 aromatic rings. The minimum Gasteiger partial charge on any atom is -0.310 e. The van der Waals surface area contributed by atoms with Crippen LogP contribution in [0.3, 0.4) is 0 Å². The summed E-state index contributed by atoms with van der Waals surface area (Å²) in [4.78, 5) is 2.41. The third-order valence-electron chi connectivity index (χ3n) is 11.6. The summed E-state index contributed by atoms with van der Waals surface area (Å²) in [5.41, 5.74) is 17.8. The first-order chi connectivity index (χ1) is 27.0. The normalized spacial score (nSPS) is 12.9. The van der Waals surface area contributed by atoms with Crippen LogP contribution in [0.5, 0.6) is 0 Å². The van der Waals surface area contributed by atoms with Crippen LogP contribution in [0.4, 0.5) is 17.1 Å². The van der Waals surface area contributed by atoms with Gasteiger partial charge in [0.2, 0.25) is 0 Å². The molecule has 0 atom stereocenters. The number of hydrogen-bond donors (Lipinski definition) is 0. The van der Waals surface area contributed by atoms with E-state index < -0.39 is 0 Å². The predicted octanol–water partition coefficient (Wildman–Crippen LogP) is 13.8. The standard InChI is InChI=1S/C52H41N3/c1-4-43-50(53-55-49(37-18-9-6-10-19-37)33-38-20-11-12-23-44(38)51(43)55)39-21-15-22-41(32-39)54(40-28-26-36(27-29-40)35-16-7-5-8-17-35)42-30-31-46-45-24-13-14-25-47(45)52(2,3)48(46)34-42/h5-34H,4H2,1-3H3. The van der Waals surface area contributed by atoms with Crippen LogP contribution in [0.15, 0.2) is 182 Å². The minimum absolute atomic E-state index is 0.113. The monoisotopic (exact) mass is 707 g/mol. The Hall–Kier alpha value is -6.71. The number of rotatable bonds is 7. The molecule has 0 bridgehead atoms. The van der Waals surface area contributed by atoms with Crippen molar-refractivity contribution in [1.29, 1.82) is 0 Å². The zero-order chi connectivity index (χ0) is 37.1. The molecule has 0 aliphatic heterocycles. The summed E-state index contributed by atoms with van der Waals surface area (Å²) in [6.45, 7) is 6.95. The minimum atomic E-state index is -0.113. The van der Waals surface area contributed by atoms with E-state index in [4.69, 9.17) is 5.10 Å². The molecule has 1 aliphatic rings. The Bertz CT molecular complexity index is 2870. The van der Waals surface area contributed by atoms with Gasteiger partial charge in [-0.1, -0.05) is 160 Å². The van der Waals surface area contributed by atoms with Crippen LogP contribution in [0.2, 0.25) is 0 Å².